The number of aryl methyl sites for hydroxylation is 1. The molecule has 0 aliphatic heterocycles. The number of nitrogens with two attached hydrogens (primary N) is 1. The molecule has 0 saturated carbocycles. The first-order valence-corrected chi connectivity index (χ1v) is 6.69. The summed E-state index contributed by atoms with van der Waals surface area (Å²) in [6, 6.07) is 0. The Morgan fingerprint density at radius 2 is 2.25 bits per heavy atom. The standard InChI is InChI=1S/C9H15N2O4P/c1-6-9(12)8(3-10)7(4-11-6)5-15-16(2,13)14/h4,12H,3,5,10H2,1-2H3,(H,13,14). The lowest BCUT2D eigenvalue weighted by Gasteiger charge is -2.12. The number of pyridine rings is 1. The quantitative estimate of drug-likeness (QED) is 0.681. The molecule has 1 heterocycles. The van der Waals surface area contributed by atoms with Gasteiger partial charge in [0, 0.05) is 30.5 Å². The molecule has 4 N–H and O–H groups in total. The van der Waals surface area contributed by atoms with Crippen LogP contribution in [-0.2, 0) is 22.2 Å². The van der Waals surface area contributed by atoms with Crippen molar-refractivity contribution in [1.82, 2.24) is 4.98 Å². The lowest BCUT2D eigenvalue weighted by Crippen LogP contribution is -2.05. The molecule has 0 aromatic carbocycles. The van der Waals surface area contributed by atoms with E-state index in [0.717, 1.165) is 6.66 Å². The van der Waals surface area contributed by atoms with Crippen LogP contribution < -0.4 is 5.73 Å². The van der Waals surface area contributed by atoms with Gasteiger partial charge in [0.2, 0.25) is 0 Å². The van der Waals surface area contributed by atoms with E-state index in [-0.39, 0.29) is 18.9 Å². The summed E-state index contributed by atoms with van der Waals surface area (Å²) >= 11 is 0. The molecule has 1 rings (SSSR count). The maximum atomic E-state index is 11.0. The van der Waals surface area contributed by atoms with Gasteiger partial charge in [-0.05, 0) is 6.92 Å². The van der Waals surface area contributed by atoms with Crippen LogP contribution in [0.2, 0.25) is 0 Å². The van der Waals surface area contributed by atoms with Crippen LogP contribution in [0.1, 0.15) is 16.8 Å². The maximum Gasteiger partial charge on any atom is 0.325 e. The molecule has 6 nitrogen and oxygen atoms in total. The zero-order valence-electron chi connectivity index (χ0n) is 9.17. The lowest BCUT2D eigenvalue weighted by atomic mass is 10.1. The van der Waals surface area contributed by atoms with E-state index in [1.54, 1.807) is 6.92 Å². The van der Waals surface area contributed by atoms with Crippen molar-refractivity contribution >= 4 is 7.60 Å². The largest absolute Gasteiger partial charge is 0.506 e. The first kappa shape index (κ1) is 13.1. The van der Waals surface area contributed by atoms with E-state index >= 15 is 0 Å². The molecule has 0 fully saturated rings. The van der Waals surface area contributed by atoms with E-state index in [1.807, 2.05) is 0 Å². The second-order valence-corrected chi connectivity index (χ2v) is 5.34. The molecule has 0 spiro atoms. The number of aromatic hydroxyl groups is 1. The van der Waals surface area contributed by atoms with Crippen molar-refractivity contribution in [3.05, 3.63) is 23.0 Å². The second-order valence-electron chi connectivity index (χ2n) is 3.48. The monoisotopic (exact) mass is 246 g/mol. The van der Waals surface area contributed by atoms with Gasteiger partial charge >= 0.3 is 7.60 Å². The molecule has 0 saturated heterocycles. The average molecular weight is 246 g/mol. The minimum absolute atomic E-state index is 0.00692. The predicted molar refractivity (Wildman–Crippen MR) is 59.1 cm³/mol. The van der Waals surface area contributed by atoms with Gasteiger partial charge in [0.1, 0.15) is 5.75 Å². The Balaban J connectivity index is 2.97. The van der Waals surface area contributed by atoms with Crippen LogP contribution in [0.4, 0.5) is 0 Å². The molecule has 7 heteroatoms. The van der Waals surface area contributed by atoms with Gasteiger partial charge in [-0.25, -0.2) is 0 Å². The van der Waals surface area contributed by atoms with Gasteiger partial charge in [-0.15, -0.1) is 0 Å². The van der Waals surface area contributed by atoms with Gasteiger partial charge < -0.3 is 20.3 Å². The maximum absolute atomic E-state index is 11.0. The highest BCUT2D eigenvalue weighted by Crippen LogP contribution is 2.38. The van der Waals surface area contributed by atoms with Crippen molar-refractivity contribution in [2.75, 3.05) is 6.66 Å². The summed E-state index contributed by atoms with van der Waals surface area (Å²) in [6.45, 7) is 2.76. The fourth-order valence-electron chi connectivity index (χ4n) is 1.23. The first-order chi connectivity index (χ1) is 7.35. The Kier molecular flexibility index (Phi) is 4.04. The number of rotatable bonds is 4. The van der Waals surface area contributed by atoms with E-state index < -0.39 is 7.60 Å². The first-order valence-electron chi connectivity index (χ1n) is 4.66. The highest BCUT2D eigenvalue weighted by atomic mass is 31.2. The van der Waals surface area contributed by atoms with Crippen LogP contribution in [0.15, 0.2) is 6.20 Å². The summed E-state index contributed by atoms with van der Waals surface area (Å²) in [4.78, 5) is 12.9. The molecule has 0 aliphatic carbocycles. The molecule has 1 atom stereocenters. The molecule has 0 radical (unpaired) electrons. The van der Waals surface area contributed by atoms with Gasteiger partial charge in [-0.1, -0.05) is 0 Å². The van der Waals surface area contributed by atoms with E-state index in [2.05, 4.69) is 4.98 Å². The number of hydrogen-bond acceptors (Lipinski definition) is 5. The van der Waals surface area contributed by atoms with Crippen LogP contribution in [0.25, 0.3) is 0 Å². The van der Waals surface area contributed by atoms with Crippen molar-refractivity contribution in [2.45, 2.75) is 20.1 Å². The summed E-state index contributed by atoms with van der Waals surface area (Å²) in [7, 11) is -3.54. The normalized spacial score (nSPS) is 14.8. The minimum Gasteiger partial charge on any atom is -0.506 e. The van der Waals surface area contributed by atoms with Crippen LogP contribution in [-0.4, -0.2) is 21.6 Å². The van der Waals surface area contributed by atoms with Crippen molar-refractivity contribution in [2.24, 2.45) is 5.73 Å². The van der Waals surface area contributed by atoms with Gasteiger partial charge in [0.25, 0.3) is 0 Å². The molecule has 1 aromatic rings. The van der Waals surface area contributed by atoms with Gasteiger partial charge in [0.05, 0.1) is 12.3 Å². The molecular weight excluding hydrogens is 231 g/mol. The third kappa shape index (κ3) is 3.28. The lowest BCUT2D eigenvalue weighted by molar-refractivity contribution is 0.253. The summed E-state index contributed by atoms with van der Waals surface area (Å²) < 4.78 is 15.7. The Hall–Kier alpha value is -0.940. The second kappa shape index (κ2) is 4.93. The Morgan fingerprint density at radius 1 is 1.62 bits per heavy atom. The van der Waals surface area contributed by atoms with E-state index in [9.17, 15) is 9.67 Å². The van der Waals surface area contributed by atoms with E-state index in [1.165, 1.54) is 6.20 Å². The molecule has 0 aliphatic rings. The third-order valence-electron chi connectivity index (χ3n) is 2.09. The molecule has 1 aromatic heterocycles. The molecular formula is C9H15N2O4P. The number of nitrogens with zero attached hydrogens (tertiary/aromatic N) is 1. The smallest absolute Gasteiger partial charge is 0.325 e. The van der Waals surface area contributed by atoms with Crippen LogP contribution in [0.5, 0.6) is 5.75 Å². The minimum atomic E-state index is -3.54. The summed E-state index contributed by atoms with van der Waals surface area (Å²) in [5.41, 5.74) is 6.95. The molecule has 90 valence electrons. The van der Waals surface area contributed by atoms with Gasteiger partial charge in [-0.2, -0.15) is 0 Å². The highest BCUT2D eigenvalue weighted by Gasteiger charge is 2.15. The van der Waals surface area contributed by atoms with Crippen molar-refractivity contribution < 1.29 is 19.1 Å². The summed E-state index contributed by atoms with van der Waals surface area (Å²) in [6.07, 6.45) is 1.48. The molecule has 16 heavy (non-hydrogen) atoms. The topological polar surface area (TPSA) is 106 Å². The van der Waals surface area contributed by atoms with Gasteiger partial charge in [-0.3, -0.25) is 9.55 Å². The van der Waals surface area contributed by atoms with Crippen molar-refractivity contribution in [3.8, 4) is 5.75 Å². The number of aromatic nitrogens is 1. The zero-order valence-corrected chi connectivity index (χ0v) is 10.1. The Morgan fingerprint density at radius 3 is 2.75 bits per heavy atom. The molecule has 0 bridgehead atoms. The van der Waals surface area contributed by atoms with Crippen molar-refractivity contribution in [3.63, 3.8) is 0 Å². The predicted octanol–water partition coefficient (Wildman–Crippen LogP) is 0.886. The summed E-state index contributed by atoms with van der Waals surface area (Å²) in [5.74, 6) is 0.00692. The fraction of sp³-hybridized carbons (Fsp3) is 0.444. The SMILES string of the molecule is Cc1ncc(COP(C)(=O)O)c(CN)c1O. The zero-order chi connectivity index (χ0) is 12.3. The van der Waals surface area contributed by atoms with Crippen molar-refractivity contribution in [1.29, 1.82) is 0 Å². The molecule has 0 amide bonds. The van der Waals surface area contributed by atoms with E-state index in [0.29, 0.717) is 16.8 Å². The van der Waals surface area contributed by atoms with Crippen LogP contribution in [0, 0.1) is 6.92 Å². The Bertz CT molecular complexity index is 430. The summed E-state index contributed by atoms with van der Waals surface area (Å²) in [5, 5.41) is 9.68. The van der Waals surface area contributed by atoms with E-state index in [4.69, 9.17) is 15.2 Å². The van der Waals surface area contributed by atoms with Crippen LogP contribution >= 0.6 is 7.60 Å². The average Bonchev–Trinajstić information content (AvgIpc) is 2.18. The highest BCUT2D eigenvalue weighted by molar-refractivity contribution is 7.51. The fourth-order valence-corrected chi connectivity index (χ4v) is 1.60. The number of hydrogen-bond donors (Lipinski definition) is 3. The van der Waals surface area contributed by atoms with Crippen LogP contribution in [0.3, 0.4) is 0 Å². The molecule has 1 unspecified atom stereocenters. The van der Waals surface area contributed by atoms with Gasteiger partial charge in [0.15, 0.2) is 0 Å². The Labute approximate surface area is 93.6 Å². The third-order valence-corrected chi connectivity index (χ3v) is 2.70.